The Morgan fingerprint density at radius 3 is 2.44 bits per heavy atom. The lowest BCUT2D eigenvalue weighted by molar-refractivity contribution is 0.291. The molecule has 0 aliphatic carbocycles. The van der Waals surface area contributed by atoms with Crippen molar-refractivity contribution in [3.05, 3.63) is 64.9 Å². The summed E-state index contributed by atoms with van der Waals surface area (Å²) in [6, 6.07) is 14.9. The predicted molar refractivity (Wildman–Crippen MR) is 107 cm³/mol. The van der Waals surface area contributed by atoms with E-state index in [0.717, 1.165) is 37.9 Å². The lowest BCUT2D eigenvalue weighted by atomic mass is 10.2. The summed E-state index contributed by atoms with van der Waals surface area (Å²) in [5.41, 5.74) is 1.55. The van der Waals surface area contributed by atoms with Crippen molar-refractivity contribution < 1.29 is 9.13 Å². The molecule has 8 heteroatoms. The summed E-state index contributed by atoms with van der Waals surface area (Å²) in [6.45, 7) is 3.43. The van der Waals surface area contributed by atoms with Crippen LogP contribution in [-0.4, -0.2) is 34.9 Å². The number of piperazine rings is 1. The molecule has 5 nitrogen and oxygen atoms in total. The standard InChI is InChI=1S/C19H18ClFN4OS/c20-16-7-4-8-17(21)15(16)13-26-19-18(22-27-23-19)25-11-9-24(10-12-25)14-5-2-1-3-6-14/h1-8H,9-13H2. The maximum absolute atomic E-state index is 13.9. The number of rotatable bonds is 5. The van der Waals surface area contributed by atoms with Crippen molar-refractivity contribution in [1.82, 2.24) is 8.75 Å². The summed E-state index contributed by atoms with van der Waals surface area (Å²) in [4.78, 5) is 4.50. The van der Waals surface area contributed by atoms with Crippen LogP contribution in [0.15, 0.2) is 48.5 Å². The van der Waals surface area contributed by atoms with E-state index in [1.165, 1.54) is 11.8 Å². The summed E-state index contributed by atoms with van der Waals surface area (Å²) in [5.74, 6) is 0.747. The Labute approximate surface area is 166 Å². The number of anilines is 2. The number of aromatic nitrogens is 2. The number of nitrogens with zero attached hydrogens (tertiary/aromatic N) is 4. The average molecular weight is 405 g/mol. The van der Waals surface area contributed by atoms with Gasteiger partial charge in [0.2, 0.25) is 5.82 Å². The molecule has 1 aliphatic heterocycles. The second kappa shape index (κ2) is 8.10. The highest BCUT2D eigenvalue weighted by atomic mass is 35.5. The van der Waals surface area contributed by atoms with Gasteiger partial charge in [0.05, 0.1) is 16.8 Å². The fourth-order valence-electron chi connectivity index (χ4n) is 3.09. The summed E-state index contributed by atoms with van der Waals surface area (Å²) in [5, 5.41) is 0.344. The Balaban J connectivity index is 1.41. The van der Waals surface area contributed by atoms with Crippen LogP contribution < -0.4 is 14.5 Å². The quantitative estimate of drug-likeness (QED) is 0.636. The molecule has 1 fully saturated rings. The van der Waals surface area contributed by atoms with Crippen molar-refractivity contribution in [3.63, 3.8) is 0 Å². The number of hydrogen-bond donors (Lipinski definition) is 0. The smallest absolute Gasteiger partial charge is 0.271 e. The molecule has 2 heterocycles. The summed E-state index contributed by atoms with van der Waals surface area (Å²) in [6.07, 6.45) is 0. The van der Waals surface area contributed by atoms with Crippen molar-refractivity contribution in [3.8, 4) is 5.88 Å². The minimum atomic E-state index is -0.385. The maximum Gasteiger partial charge on any atom is 0.271 e. The van der Waals surface area contributed by atoms with Gasteiger partial charge in [0.1, 0.15) is 12.4 Å². The largest absolute Gasteiger partial charge is 0.469 e. The third kappa shape index (κ3) is 3.99. The number of halogens is 2. The average Bonchev–Trinajstić information content (AvgIpc) is 3.17. The van der Waals surface area contributed by atoms with Gasteiger partial charge in [-0.3, -0.25) is 0 Å². The Kier molecular flexibility index (Phi) is 5.40. The van der Waals surface area contributed by atoms with Crippen LogP contribution in [0.5, 0.6) is 5.88 Å². The van der Waals surface area contributed by atoms with E-state index < -0.39 is 0 Å². The summed E-state index contributed by atoms with van der Waals surface area (Å²) >= 11 is 7.16. The molecule has 2 aromatic carbocycles. The van der Waals surface area contributed by atoms with Crippen molar-refractivity contribution in [2.24, 2.45) is 0 Å². The predicted octanol–water partition coefficient (Wildman–Crippen LogP) is 4.24. The number of para-hydroxylation sites is 1. The van der Waals surface area contributed by atoms with Crippen LogP contribution in [0.1, 0.15) is 5.56 Å². The molecule has 0 spiro atoms. The minimum absolute atomic E-state index is 0.0217. The molecular formula is C19H18ClFN4OS. The molecule has 0 unspecified atom stereocenters. The summed E-state index contributed by atoms with van der Waals surface area (Å²) in [7, 11) is 0. The zero-order chi connectivity index (χ0) is 18.6. The van der Waals surface area contributed by atoms with Crippen LogP contribution in [0.25, 0.3) is 0 Å². The minimum Gasteiger partial charge on any atom is -0.469 e. The van der Waals surface area contributed by atoms with Gasteiger partial charge in [0.25, 0.3) is 5.88 Å². The zero-order valence-electron chi connectivity index (χ0n) is 14.5. The van der Waals surface area contributed by atoms with Gasteiger partial charge in [-0.1, -0.05) is 35.9 Å². The molecule has 1 saturated heterocycles. The first-order chi connectivity index (χ1) is 13.2. The Morgan fingerprint density at radius 2 is 1.70 bits per heavy atom. The highest BCUT2D eigenvalue weighted by Crippen LogP contribution is 2.29. The first-order valence-corrected chi connectivity index (χ1v) is 9.76. The molecule has 0 saturated carbocycles. The van der Waals surface area contributed by atoms with Crippen LogP contribution in [0, 0.1) is 5.82 Å². The second-order valence-electron chi connectivity index (χ2n) is 6.19. The Bertz CT molecular complexity index is 879. The number of hydrogen-bond acceptors (Lipinski definition) is 6. The molecule has 0 amide bonds. The van der Waals surface area contributed by atoms with Gasteiger partial charge >= 0.3 is 0 Å². The topological polar surface area (TPSA) is 41.5 Å². The van der Waals surface area contributed by atoms with E-state index >= 15 is 0 Å². The molecule has 0 radical (unpaired) electrons. The Morgan fingerprint density at radius 1 is 0.963 bits per heavy atom. The molecule has 4 rings (SSSR count). The van der Waals surface area contributed by atoms with Gasteiger partial charge in [-0.15, -0.1) is 4.37 Å². The van der Waals surface area contributed by atoms with Crippen LogP contribution in [-0.2, 0) is 6.61 Å². The molecule has 0 N–H and O–H groups in total. The van der Waals surface area contributed by atoms with E-state index in [9.17, 15) is 4.39 Å². The van der Waals surface area contributed by atoms with Gasteiger partial charge < -0.3 is 14.5 Å². The van der Waals surface area contributed by atoms with Crippen molar-refractivity contribution >= 4 is 34.8 Å². The second-order valence-corrected chi connectivity index (χ2v) is 7.13. The van der Waals surface area contributed by atoms with Crippen molar-refractivity contribution in [1.29, 1.82) is 0 Å². The molecule has 0 atom stereocenters. The van der Waals surface area contributed by atoms with Gasteiger partial charge in [-0.2, -0.15) is 4.37 Å². The highest BCUT2D eigenvalue weighted by Gasteiger charge is 2.23. The third-order valence-electron chi connectivity index (χ3n) is 4.56. The fourth-order valence-corrected chi connectivity index (χ4v) is 3.82. The Hall–Kier alpha value is -2.38. The third-order valence-corrected chi connectivity index (χ3v) is 5.41. The van der Waals surface area contributed by atoms with E-state index in [1.54, 1.807) is 12.1 Å². The van der Waals surface area contributed by atoms with Crippen molar-refractivity contribution in [2.75, 3.05) is 36.0 Å². The van der Waals surface area contributed by atoms with Gasteiger partial charge in [-0.05, 0) is 24.3 Å². The molecular weight excluding hydrogens is 387 g/mol. The van der Waals surface area contributed by atoms with E-state index in [-0.39, 0.29) is 12.4 Å². The van der Waals surface area contributed by atoms with E-state index in [4.69, 9.17) is 16.3 Å². The number of ether oxygens (including phenoxy) is 1. The van der Waals surface area contributed by atoms with Gasteiger partial charge in [0.15, 0.2) is 0 Å². The lowest BCUT2D eigenvalue weighted by Crippen LogP contribution is -2.46. The van der Waals surface area contributed by atoms with Crippen LogP contribution in [0.4, 0.5) is 15.9 Å². The van der Waals surface area contributed by atoms with Gasteiger partial charge in [0, 0.05) is 37.4 Å². The van der Waals surface area contributed by atoms with Gasteiger partial charge in [-0.25, -0.2) is 4.39 Å². The van der Waals surface area contributed by atoms with E-state index in [1.807, 2.05) is 18.2 Å². The first-order valence-electron chi connectivity index (χ1n) is 8.65. The first kappa shape index (κ1) is 18.0. The zero-order valence-corrected chi connectivity index (χ0v) is 16.1. The fraction of sp³-hybridized carbons (Fsp3) is 0.263. The van der Waals surface area contributed by atoms with Crippen LogP contribution in [0.2, 0.25) is 5.02 Å². The van der Waals surface area contributed by atoms with Crippen LogP contribution in [0.3, 0.4) is 0 Å². The van der Waals surface area contributed by atoms with E-state index in [2.05, 4.69) is 30.7 Å². The van der Waals surface area contributed by atoms with E-state index in [0.29, 0.717) is 22.3 Å². The molecule has 27 heavy (non-hydrogen) atoms. The molecule has 1 aromatic heterocycles. The summed E-state index contributed by atoms with van der Waals surface area (Å²) < 4.78 is 28.3. The lowest BCUT2D eigenvalue weighted by Gasteiger charge is -2.36. The molecule has 1 aliphatic rings. The highest BCUT2D eigenvalue weighted by molar-refractivity contribution is 6.99. The SMILES string of the molecule is Fc1cccc(Cl)c1COc1nsnc1N1CCN(c2ccccc2)CC1. The normalized spacial score (nSPS) is 14.4. The number of benzene rings is 2. The maximum atomic E-state index is 13.9. The monoisotopic (exact) mass is 404 g/mol. The molecule has 3 aromatic rings. The van der Waals surface area contributed by atoms with Crippen molar-refractivity contribution in [2.45, 2.75) is 6.61 Å². The van der Waals surface area contributed by atoms with Crippen LogP contribution >= 0.6 is 23.3 Å². The molecule has 0 bridgehead atoms. The molecule has 140 valence electrons.